The summed E-state index contributed by atoms with van der Waals surface area (Å²) in [7, 11) is 2.14. The molecule has 1 N–H and O–H groups in total. The SMILES string of the molecule is CNC1CCC(C(C)(C)C)CC1CN1CCOCC1(C)C. The highest BCUT2D eigenvalue weighted by Crippen LogP contribution is 2.41. The first-order chi connectivity index (χ1) is 9.74. The summed E-state index contributed by atoms with van der Waals surface area (Å²) in [5, 5.41) is 3.59. The van der Waals surface area contributed by atoms with E-state index in [-0.39, 0.29) is 5.54 Å². The van der Waals surface area contributed by atoms with Crippen LogP contribution in [0, 0.1) is 17.3 Å². The van der Waals surface area contributed by atoms with Crippen LogP contribution in [0.2, 0.25) is 0 Å². The Kier molecular flexibility index (Phi) is 5.38. The fourth-order valence-corrected chi connectivity index (χ4v) is 4.14. The molecule has 1 saturated carbocycles. The first kappa shape index (κ1) is 17.2. The lowest BCUT2D eigenvalue weighted by atomic mass is 9.67. The first-order valence-electron chi connectivity index (χ1n) is 8.74. The highest BCUT2D eigenvalue weighted by molar-refractivity contribution is 4.93. The zero-order chi connectivity index (χ0) is 15.7. The Morgan fingerprint density at radius 2 is 1.95 bits per heavy atom. The molecule has 3 nitrogen and oxygen atoms in total. The third kappa shape index (κ3) is 4.20. The van der Waals surface area contributed by atoms with Crippen molar-refractivity contribution in [2.75, 3.05) is 33.4 Å². The molecular weight excluding hydrogens is 260 g/mol. The Bertz CT molecular complexity index is 335. The zero-order valence-corrected chi connectivity index (χ0v) is 15.0. The molecule has 21 heavy (non-hydrogen) atoms. The predicted octanol–water partition coefficient (Wildman–Crippen LogP) is 3.15. The van der Waals surface area contributed by atoms with Gasteiger partial charge in [0, 0.05) is 24.7 Å². The topological polar surface area (TPSA) is 24.5 Å². The number of nitrogens with one attached hydrogen (secondary N) is 1. The summed E-state index contributed by atoms with van der Waals surface area (Å²) >= 11 is 0. The number of rotatable bonds is 3. The van der Waals surface area contributed by atoms with Crippen LogP contribution in [0.5, 0.6) is 0 Å². The van der Waals surface area contributed by atoms with Crippen LogP contribution in [0.3, 0.4) is 0 Å². The molecule has 3 atom stereocenters. The van der Waals surface area contributed by atoms with E-state index in [1.54, 1.807) is 0 Å². The summed E-state index contributed by atoms with van der Waals surface area (Å²) in [5.41, 5.74) is 0.628. The van der Waals surface area contributed by atoms with Gasteiger partial charge in [0.15, 0.2) is 0 Å². The van der Waals surface area contributed by atoms with Crippen LogP contribution in [-0.2, 0) is 4.74 Å². The predicted molar refractivity (Wildman–Crippen MR) is 89.6 cm³/mol. The highest BCUT2D eigenvalue weighted by atomic mass is 16.5. The maximum atomic E-state index is 5.68. The molecule has 0 amide bonds. The molecule has 2 fully saturated rings. The van der Waals surface area contributed by atoms with Crippen LogP contribution in [0.15, 0.2) is 0 Å². The van der Waals surface area contributed by atoms with Crippen LogP contribution < -0.4 is 5.32 Å². The fourth-order valence-electron chi connectivity index (χ4n) is 4.14. The lowest BCUT2D eigenvalue weighted by Gasteiger charge is -2.48. The summed E-state index contributed by atoms with van der Waals surface area (Å²) < 4.78 is 5.68. The molecular formula is C18H36N2O. The standard InChI is InChI=1S/C18H36N2O/c1-17(2,3)15-7-8-16(19-6)14(11-15)12-20-9-10-21-13-18(20,4)5/h14-16,19H,7-13H2,1-6H3. The van der Waals surface area contributed by atoms with E-state index in [1.165, 1.54) is 25.8 Å². The molecule has 124 valence electrons. The molecule has 0 aromatic rings. The van der Waals surface area contributed by atoms with Gasteiger partial charge in [-0.15, -0.1) is 0 Å². The molecule has 3 heteroatoms. The minimum atomic E-state index is 0.186. The fraction of sp³-hybridized carbons (Fsp3) is 1.00. The van der Waals surface area contributed by atoms with E-state index in [0.717, 1.165) is 31.6 Å². The van der Waals surface area contributed by atoms with E-state index in [2.05, 4.69) is 51.9 Å². The molecule has 2 aliphatic rings. The van der Waals surface area contributed by atoms with Gasteiger partial charge in [0.05, 0.1) is 13.2 Å². The molecule has 0 bridgehead atoms. The van der Waals surface area contributed by atoms with Gasteiger partial charge in [-0.05, 0) is 57.4 Å². The highest BCUT2D eigenvalue weighted by Gasteiger charge is 2.39. The van der Waals surface area contributed by atoms with Crippen molar-refractivity contribution in [1.82, 2.24) is 10.2 Å². The quantitative estimate of drug-likeness (QED) is 0.866. The largest absolute Gasteiger partial charge is 0.378 e. The first-order valence-corrected chi connectivity index (χ1v) is 8.74. The average molecular weight is 296 g/mol. The van der Waals surface area contributed by atoms with Gasteiger partial charge in [0.2, 0.25) is 0 Å². The summed E-state index contributed by atoms with van der Waals surface area (Å²) in [6.45, 7) is 15.9. The number of morpholine rings is 1. The van der Waals surface area contributed by atoms with Crippen LogP contribution in [0.25, 0.3) is 0 Å². The number of nitrogens with zero attached hydrogens (tertiary/aromatic N) is 1. The van der Waals surface area contributed by atoms with E-state index in [0.29, 0.717) is 11.5 Å². The maximum Gasteiger partial charge on any atom is 0.0645 e. The normalized spacial score (nSPS) is 34.9. The molecule has 0 aromatic carbocycles. The summed E-state index contributed by atoms with van der Waals surface area (Å²) in [6, 6.07) is 0.683. The van der Waals surface area contributed by atoms with Crippen molar-refractivity contribution in [2.24, 2.45) is 17.3 Å². The van der Waals surface area contributed by atoms with Crippen LogP contribution in [0.4, 0.5) is 0 Å². The van der Waals surface area contributed by atoms with Crippen LogP contribution >= 0.6 is 0 Å². The lowest BCUT2D eigenvalue weighted by molar-refractivity contribution is -0.0642. The molecule has 0 aromatic heterocycles. The molecule has 1 saturated heterocycles. The zero-order valence-electron chi connectivity index (χ0n) is 15.0. The minimum Gasteiger partial charge on any atom is -0.378 e. The summed E-state index contributed by atoms with van der Waals surface area (Å²) in [6.07, 6.45) is 4.06. The summed E-state index contributed by atoms with van der Waals surface area (Å²) in [4.78, 5) is 2.66. The van der Waals surface area contributed by atoms with Crippen molar-refractivity contribution in [3.8, 4) is 0 Å². The van der Waals surface area contributed by atoms with E-state index < -0.39 is 0 Å². The summed E-state index contributed by atoms with van der Waals surface area (Å²) in [5.74, 6) is 1.63. The van der Waals surface area contributed by atoms with Gasteiger partial charge < -0.3 is 10.1 Å². The number of hydrogen-bond acceptors (Lipinski definition) is 3. The second kappa shape index (κ2) is 6.55. The lowest BCUT2D eigenvalue weighted by Crippen LogP contribution is -2.56. The molecule has 3 unspecified atom stereocenters. The van der Waals surface area contributed by atoms with Gasteiger partial charge in [-0.2, -0.15) is 0 Å². The van der Waals surface area contributed by atoms with Gasteiger partial charge in [-0.25, -0.2) is 0 Å². The Morgan fingerprint density at radius 1 is 1.24 bits per heavy atom. The second-order valence-corrected chi connectivity index (χ2v) is 8.84. The second-order valence-electron chi connectivity index (χ2n) is 8.84. The smallest absolute Gasteiger partial charge is 0.0645 e. The Balaban J connectivity index is 2.03. The van der Waals surface area contributed by atoms with Crippen molar-refractivity contribution in [2.45, 2.75) is 65.5 Å². The third-order valence-corrected chi connectivity index (χ3v) is 5.85. The molecule has 2 rings (SSSR count). The monoisotopic (exact) mass is 296 g/mol. The van der Waals surface area contributed by atoms with Crippen molar-refractivity contribution in [3.05, 3.63) is 0 Å². The number of ether oxygens (including phenoxy) is 1. The van der Waals surface area contributed by atoms with Gasteiger partial charge in [-0.3, -0.25) is 4.90 Å². The average Bonchev–Trinajstić information content (AvgIpc) is 2.40. The van der Waals surface area contributed by atoms with Crippen molar-refractivity contribution >= 4 is 0 Å². The van der Waals surface area contributed by atoms with Gasteiger partial charge in [0.25, 0.3) is 0 Å². The molecule has 0 spiro atoms. The Morgan fingerprint density at radius 3 is 2.52 bits per heavy atom. The van der Waals surface area contributed by atoms with Crippen molar-refractivity contribution < 1.29 is 4.74 Å². The van der Waals surface area contributed by atoms with Gasteiger partial charge >= 0.3 is 0 Å². The molecule has 1 aliphatic heterocycles. The number of hydrogen-bond donors (Lipinski definition) is 1. The van der Waals surface area contributed by atoms with E-state index in [9.17, 15) is 0 Å². The molecule has 1 heterocycles. The molecule has 0 radical (unpaired) electrons. The minimum absolute atomic E-state index is 0.186. The maximum absolute atomic E-state index is 5.68. The van der Waals surface area contributed by atoms with Gasteiger partial charge in [-0.1, -0.05) is 20.8 Å². The van der Waals surface area contributed by atoms with E-state index >= 15 is 0 Å². The van der Waals surface area contributed by atoms with Gasteiger partial charge in [0.1, 0.15) is 0 Å². The van der Waals surface area contributed by atoms with E-state index in [1.807, 2.05) is 0 Å². The van der Waals surface area contributed by atoms with Crippen molar-refractivity contribution in [3.63, 3.8) is 0 Å². The van der Waals surface area contributed by atoms with E-state index in [4.69, 9.17) is 4.74 Å². The van der Waals surface area contributed by atoms with Crippen LogP contribution in [-0.4, -0.2) is 49.8 Å². The Hall–Kier alpha value is -0.120. The van der Waals surface area contributed by atoms with Crippen LogP contribution in [0.1, 0.15) is 53.9 Å². The Labute approximate surface area is 131 Å². The third-order valence-electron chi connectivity index (χ3n) is 5.85. The molecule has 1 aliphatic carbocycles. The van der Waals surface area contributed by atoms with Crippen molar-refractivity contribution in [1.29, 1.82) is 0 Å².